The van der Waals surface area contributed by atoms with Crippen molar-refractivity contribution in [2.45, 2.75) is 6.42 Å². The number of hydrogen-bond acceptors (Lipinski definition) is 2. The zero-order valence-electron chi connectivity index (χ0n) is 4.65. The fourth-order valence-electron chi connectivity index (χ4n) is 0.302. The molecule has 0 aromatic heterocycles. The third kappa shape index (κ3) is 11.1. The van der Waals surface area contributed by atoms with Crippen LogP contribution in [0.25, 0.3) is 0 Å². The first-order valence-corrected chi connectivity index (χ1v) is 2.46. The Morgan fingerprint density at radius 2 is 2.22 bits per heavy atom. The van der Waals surface area contributed by atoms with Crippen molar-refractivity contribution in [1.29, 1.82) is 5.41 Å². The summed E-state index contributed by atoms with van der Waals surface area (Å²) < 4.78 is 0. The second-order valence-corrected chi connectivity index (χ2v) is 1.42. The molecule has 0 radical (unpaired) electrons. The van der Waals surface area contributed by atoms with Crippen LogP contribution in [0.2, 0.25) is 0 Å². The summed E-state index contributed by atoms with van der Waals surface area (Å²) in [5.74, 6) is -0.0431. The first-order valence-electron chi connectivity index (χ1n) is 2.46. The minimum absolute atomic E-state index is 0. The summed E-state index contributed by atoms with van der Waals surface area (Å²) in [5, 5.41) is 17.4. The van der Waals surface area contributed by atoms with Crippen LogP contribution in [0.3, 0.4) is 0 Å². The summed E-state index contributed by atoms with van der Waals surface area (Å²) >= 11 is 0. The van der Waals surface area contributed by atoms with Crippen LogP contribution < -0.4 is 11.1 Å². The van der Waals surface area contributed by atoms with E-state index in [1.165, 1.54) is 0 Å². The molecule has 0 aliphatic rings. The summed E-state index contributed by atoms with van der Waals surface area (Å²) in [5.41, 5.74) is 4.92. The van der Waals surface area contributed by atoms with Gasteiger partial charge < -0.3 is 16.2 Å². The van der Waals surface area contributed by atoms with E-state index in [0.29, 0.717) is 13.0 Å². The summed E-state index contributed by atoms with van der Waals surface area (Å²) in [7, 11) is 0. The molecule has 5 N–H and O–H groups in total. The standard InChI is InChI=1S/C4H11N3O.BH3/c5-4(6)7-2-1-3-8;/h8H,1-3H2,(H4,5,6,7);1H3. The summed E-state index contributed by atoms with van der Waals surface area (Å²) in [6, 6.07) is 0. The molecule has 0 heterocycles. The number of hydrogen-bond donors (Lipinski definition) is 4. The minimum atomic E-state index is -0.0431. The maximum Gasteiger partial charge on any atom is 0.185 e. The van der Waals surface area contributed by atoms with E-state index in [1.54, 1.807) is 0 Å². The van der Waals surface area contributed by atoms with E-state index in [2.05, 4.69) is 5.32 Å². The molecule has 0 saturated heterocycles. The molecule has 5 heteroatoms. The Balaban J connectivity index is 0. The summed E-state index contributed by atoms with van der Waals surface area (Å²) in [6.45, 7) is 0.714. The van der Waals surface area contributed by atoms with Gasteiger partial charge in [0.05, 0.1) is 8.41 Å². The molecule has 0 atom stereocenters. The smallest absolute Gasteiger partial charge is 0.185 e. The van der Waals surface area contributed by atoms with E-state index in [4.69, 9.17) is 16.2 Å². The van der Waals surface area contributed by atoms with E-state index >= 15 is 0 Å². The van der Waals surface area contributed by atoms with Gasteiger partial charge in [-0.05, 0) is 6.42 Å². The second kappa shape index (κ2) is 7.29. The molecule has 0 amide bonds. The molecule has 0 rings (SSSR count). The maximum atomic E-state index is 8.23. The summed E-state index contributed by atoms with van der Waals surface area (Å²) in [6.07, 6.45) is 0.638. The molecule has 0 unspecified atom stereocenters. The van der Waals surface area contributed by atoms with Crippen LogP contribution in [0.1, 0.15) is 6.42 Å². The number of aliphatic hydroxyl groups excluding tert-OH is 1. The minimum Gasteiger partial charge on any atom is -0.396 e. The van der Waals surface area contributed by atoms with Crippen molar-refractivity contribution in [3.63, 3.8) is 0 Å². The van der Waals surface area contributed by atoms with Gasteiger partial charge in [0.15, 0.2) is 5.96 Å². The number of nitrogens with two attached hydrogens (primary N) is 1. The molecule has 54 valence electrons. The van der Waals surface area contributed by atoms with Gasteiger partial charge in [-0.2, -0.15) is 0 Å². The van der Waals surface area contributed by atoms with Gasteiger partial charge in [-0.15, -0.1) is 0 Å². The van der Waals surface area contributed by atoms with Crippen molar-refractivity contribution >= 4 is 14.4 Å². The van der Waals surface area contributed by atoms with Crippen LogP contribution in [0.15, 0.2) is 0 Å². The highest BCUT2D eigenvalue weighted by Gasteiger charge is 1.83. The Labute approximate surface area is 56.5 Å². The Morgan fingerprint density at radius 3 is 2.56 bits per heavy atom. The zero-order valence-corrected chi connectivity index (χ0v) is 4.65. The van der Waals surface area contributed by atoms with Gasteiger partial charge >= 0.3 is 0 Å². The molecule has 0 aromatic carbocycles. The largest absolute Gasteiger partial charge is 0.396 e. The summed E-state index contributed by atoms with van der Waals surface area (Å²) in [4.78, 5) is 0. The van der Waals surface area contributed by atoms with E-state index in [9.17, 15) is 0 Å². The predicted molar refractivity (Wildman–Crippen MR) is 41.6 cm³/mol. The normalized spacial score (nSPS) is 7.67. The Morgan fingerprint density at radius 1 is 1.67 bits per heavy atom. The van der Waals surface area contributed by atoms with Gasteiger partial charge in [-0.3, -0.25) is 5.41 Å². The number of nitrogens with one attached hydrogen (secondary N) is 2. The molecule has 0 aliphatic heterocycles. The van der Waals surface area contributed by atoms with Crippen molar-refractivity contribution in [3.05, 3.63) is 0 Å². The molecule has 0 fully saturated rings. The third-order valence-corrected chi connectivity index (χ3v) is 0.650. The van der Waals surface area contributed by atoms with Crippen molar-refractivity contribution in [3.8, 4) is 0 Å². The first-order chi connectivity index (χ1) is 3.77. The SMILES string of the molecule is B.N=C(N)NCCCO. The Kier molecular flexibility index (Phi) is 9.03. The van der Waals surface area contributed by atoms with Gasteiger partial charge in [0.2, 0.25) is 0 Å². The van der Waals surface area contributed by atoms with E-state index in [-0.39, 0.29) is 21.0 Å². The lowest BCUT2D eigenvalue weighted by molar-refractivity contribution is 0.289. The number of aliphatic hydroxyl groups is 1. The van der Waals surface area contributed by atoms with Gasteiger partial charge in [0.25, 0.3) is 0 Å². The molecular weight excluding hydrogens is 117 g/mol. The van der Waals surface area contributed by atoms with E-state index < -0.39 is 0 Å². The highest BCUT2D eigenvalue weighted by Crippen LogP contribution is 1.68. The lowest BCUT2D eigenvalue weighted by Crippen LogP contribution is -2.31. The average Bonchev–Trinajstić information content (AvgIpc) is 1.66. The molecule has 4 nitrogen and oxygen atoms in total. The predicted octanol–water partition coefficient (Wildman–Crippen LogP) is -2.33. The molecule has 0 aliphatic carbocycles. The van der Waals surface area contributed by atoms with E-state index in [0.717, 1.165) is 0 Å². The number of rotatable bonds is 3. The highest BCUT2D eigenvalue weighted by molar-refractivity contribution is 5.75. The average molecular weight is 131 g/mol. The van der Waals surface area contributed by atoms with Gasteiger partial charge in [-0.25, -0.2) is 0 Å². The maximum absolute atomic E-state index is 8.23. The molecule has 0 saturated carbocycles. The quantitative estimate of drug-likeness (QED) is 0.150. The van der Waals surface area contributed by atoms with Crippen molar-refractivity contribution < 1.29 is 5.11 Å². The van der Waals surface area contributed by atoms with Crippen molar-refractivity contribution in [1.82, 2.24) is 5.32 Å². The Bertz CT molecular complexity index is 78.2. The van der Waals surface area contributed by atoms with Crippen molar-refractivity contribution in [2.24, 2.45) is 5.73 Å². The fourth-order valence-corrected chi connectivity index (χ4v) is 0.302. The van der Waals surface area contributed by atoms with Gasteiger partial charge in [0, 0.05) is 13.2 Å². The monoisotopic (exact) mass is 131 g/mol. The van der Waals surface area contributed by atoms with Crippen LogP contribution in [0.5, 0.6) is 0 Å². The van der Waals surface area contributed by atoms with Crippen LogP contribution in [0, 0.1) is 5.41 Å². The lowest BCUT2D eigenvalue weighted by Gasteiger charge is -1.98. The third-order valence-electron chi connectivity index (χ3n) is 0.650. The van der Waals surface area contributed by atoms with Crippen LogP contribution in [0.4, 0.5) is 0 Å². The Hall–Kier alpha value is -0.705. The lowest BCUT2D eigenvalue weighted by atomic mass is 10.4. The topological polar surface area (TPSA) is 82.1 Å². The number of guanidine groups is 1. The fraction of sp³-hybridized carbons (Fsp3) is 0.750. The van der Waals surface area contributed by atoms with E-state index in [1.807, 2.05) is 0 Å². The molecule has 0 spiro atoms. The van der Waals surface area contributed by atoms with Crippen molar-refractivity contribution in [2.75, 3.05) is 13.2 Å². The molecule has 9 heavy (non-hydrogen) atoms. The molecule has 0 bridgehead atoms. The van der Waals surface area contributed by atoms with Gasteiger partial charge in [0.1, 0.15) is 0 Å². The highest BCUT2D eigenvalue weighted by atomic mass is 16.3. The van der Waals surface area contributed by atoms with Crippen LogP contribution in [-0.4, -0.2) is 32.6 Å². The molecule has 0 aromatic rings. The van der Waals surface area contributed by atoms with Crippen LogP contribution in [-0.2, 0) is 0 Å². The van der Waals surface area contributed by atoms with Crippen LogP contribution >= 0.6 is 0 Å². The second-order valence-electron chi connectivity index (χ2n) is 1.42. The van der Waals surface area contributed by atoms with Gasteiger partial charge in [-0.1, -0.05) is 0 Å². The zero-order chi connectivity index (χ0) is 6.41. The molecular formula is C4H14BN3O. The first kappa shape index (κ1) is 11.1.